The van der Waals surface area contributed by atoms with Crippen LogP contribution in [0.1, 0.15) is 18.0 Å². The summed E-state index contributed by atoms with van der Waals surface area (Å²) in [4.78, 5) is 12.6. The molecule has 6 heteroatoms. The number of ether oxygens (including phenoxy) is 2. The number of aromatic nitrogens is 1. The average Bonchev–Trinajstić information content (AvgIpc) is 3.16. The molecule has 0 aliphatic heterocycles. The van der Waals surface area contributed by atoms with Gasteiger partial charge in [0.05, 0.1) is 14.2 Å². The standard InChI is InChI=1S/C19H26N2O3S/c1-23-17-7-6-15(14-18(17)24-2)8-10-20-19(22)16(9-13-25-3)21-11-4-5-12-21/h4-7,11-12,14,16H,8-10,13H2,1-3H3,(H,20,22)/t16-/m0/s1. The van der Waals surface area contributed by atoms with Crippen LogP contribution in [0.2, 0.25) is 0 Å². The summed E-state index contributed by atoms with van der Waals surface area (Å²) in [5.74, 6) is 2.42. The van der Waals surface area contributed by atoms with E-state index in [9.17, 15) is 4.79 Å². The average molecular weight is 362 g/mol. The van der Waals surface area contributed by atoms with E-state index in [0.717, 1.165) is 24.2 Å². The van der Waals surface area contributed by atoms with E-state index in [1.165, 1.54) is 0 Å². The van der Waals surface area contributed by atoms with Crippen LogP contribution in [0.4, 0.5) is 0 Å². The summed E-state index contributed by atoms with van der Waals surface area (Å²) in [5, 5.41) is 3.05. The minimum absolute atomic E-state index is 0.0609. The molecule has 0 saturated heterocycles. The minimum Gasteiger partial charge on any atom is -0.493 e. The molecule has 0 aliphatic rings. The number of amides is 1. The van der Waals surface area contributed by atoms with Gasteiger partial charge in [-0.1, -0.05) is 6.07 Å². The summed E-state index contributed by atoms with van der Waals surface area (Å²) < 4.78 is 12.5. The van der Waals surface area contributed by atoms with Crippen molar-refractivity contribution in [3.05, 3.63) is 48.3 Å². The van der Waals surface area contributed by atoms with Crippen LogP contribution in [0.3, 0.4) is 0 Å². The molecular weight excluding hydrogens is 336 g/mol. The summed E-state index contributed by atoms with van der Waals surface area (Å²) in [6, 6.07) is 9.56. The number of hydrogen-bond donors (Lipinski definition) is 1. The van der Waals surface area contributed by atoms with E-state index in [-0.39, 0.29) is 11.9 Å². The van der Waals surface area contributed by atoms with Gasteiger partial charge in [0.2, 0.25) is 5.91 Å². The molecule has 0 bridgehead atoms. The molecule has 0 spiro atoms. The monoisotopic (exact) mass is 362 g/mol. The van der Waals surface area contributed by atoms with Gasteiger partial charge in [0.25, 0.3) is 0 Å². The number of thioether (sulfide) groups is 1. The van der Waals surface area contributed by atoms with Crippen LogP contribution in [0, 0.1) is 0 Å². The van der Waals surface area contributed by atoms with Crippen LogP contribution < -0.4 is 14.8 Å². The van der Waals surface area contributed by atoms with Crippen molar-refractivity contribution < 1.29 is 14.3 Å². The molecule has 5 nitrogen and oxygen atoms in total. The lowest BCUT2D eigenvalue weighted by atomic mass is 10.1. The highest BCUT2D eigenvalue weighted by Gasteiger charge is 2.18. The van der Waals surface area contributed by atoms with Crippen LogP contribution in [0.15, 0.2) is 42.7 Å². The molecule has 1 amide bonds. The Bertz CT molecular complexity index is 659. The van der Waals surface area contributed by atoms with E-state index >= 15 is 0 Å². The normalized spacial score (nSPS) is 11.8. The zero-order chi connectivity index (χ0) is 18.1. The lowest BCUT2D eigenvalue weighted by Gasteiger charge is -2.18. The zero-order valence-corrected chi connectivity index (χ0v) is 15.8. The predicted octanol–water partition coefficient (Wildman–Crippen LogP) is 3.16. The van der Waals surface area contributed by atoms with E-state index in [1.54, 1.807) is 26.0 Å². The smallest absolute Gasteiger partial charge is 0.243 e. The van der Waals surface area contributed by atoms with Crippen molar-refractivity contribution in [1.29, 1.82) is 0 Å². The van der Waals surface area contributed by atoms with Gasteiger partial charge in [-0.3, -0.25) is 4.79 Å². The topological polar surface area (TPSA) is 52.5 Å². The van der Waals surface area contributed by atoms with Gasteiger partial charge in [0.1, 0.15) is 6.04 Å². The maximum absolute atomic E-state index is 12.6. The Morgan fingerprint density at radius 1 is 1.20 bits per heavy atom. The van der Waals surface area contributed by atoms with Crippen molar-refractivity contribution in [3.63, 3.8) is 0 Å². The molecular formula is C19H26N2O3S. The number of carbonyl (C=O) groups is 1. The number of hydrogen-bond acceptors (Lipinski definition) is 4. The van der Waals surface area contributed by atoms with Gasteiger partial charge in [-0.25, -0.2) is 0 Å². The molecule has 1 aromatic carbocycles. The lowest BCUT2D eigenvalue weighted by Crippen LogP contribution is -2.33. The first-order chi connectivity index (χ1) is 12.2. The van der Waals surface area contributed by atoms with Crippen molar-refractivity contribution >= 4 is 17.7 Å². The minimum atomic E-state index is -0.159. The lowest BCUT2D eigenvalue weighted by molar-refractivity contribution is -0.124. The molecule has 0 radical (unpaired) electrons. The first kappa shape index (κ1) is 19.2. The predicted molar refractivity (Wildman–Crippen MR) is 103 cm³/mol. The summed E-state index contributed by atoms with van der Waals surface area (Å²) in [5.41, 5.74) is 1.10. The van der Waals surface area contributed by atoms with Gasteiger partial charge in [0, 0.05) is 18.9 Å². The third kappa shape index (κ3) is 5.46. The molecule has 0 aliphatic carbocycles. The quantitative estimate of drug-likeness (QED) is 0.705. The fraction of sp³-hybridized carbons (Fsp3) is 0.421. The van der Waals surface area contributed by atoms with E-state index in [4.69, 9.17) is 9.47 Å². The van der Waals surface area contributed by atoms with Gasteiger partial charge >= 0.3 is 0 Å². The van der Waals surface area contributed by atoms with Crippen molar-refractivity contribution in [2.24, 2.45) is 0 Å². The fourth-order valence-corrected chi connectivity index (χ4v) is 3.14. The van der Waals surface area contributed by atoms with E-state index < -0.39 is 0 Å². The maximum Gasteiger partial charge on any atom is 0.243 e. The molecule has 2 aromatic rings. The summed E-state index contributed by atoms with van der Waals surface area (Å²) in [6.45, 7) is 0.589. The van der Waals surface area contributed by atoms with Crippen LogP contribution in [0.5, 0.6) is 11.5 Å². The second-order valence-electron chi connectivity index (χ2n) is 5.66. The number of benzene rings is 1. The van der Waals surface area contributed by atoms with Crippen LogP contribution >= 0.6 is 11.8 Å². The molecule has 0 unspecified atom stereocenters. The summed E-state index contributed by atoms with van der Waals surface area (Å²) in [6.07, 6.45) is 7.50. The van der Waals surface area contributed by atoms with Crippen molar-refractivity contribution in [3.8, 4) is 11.5 Å². The van der Waals surface area contributed by atoms with E-state index in [1.807, 2.05) is 47.3 Å². The molecule has 0 fully saturated rings. The van der Waals surface area contributed by atoms with Gasteiger partial charge in [-0.2, -0.15) is 11.8 Å². The molecule has 1 aromatic heterocycles. The van der Waals surface area contributed by atoms with Gasteiger partial charge in [-0.05, 0) is 54.7 Å². The van der Waals surface area contributed by atoms with Crippen molar-refractivity contribution in [2.45, 2.75) is 18.9 Å². The van der Waals surface area contributed by atoms with Gasteiger partial charge < -0.3 is 19.4 Å². The largest absolute Gasteiger partial charge is 0.493 e. The maximum atomic E-state index is 12.6. The highest BCUT2D eigenvalue weighted by Crippen LogP contribution is 2.27. The van der Waals surface area contributed by atoms with Crippen molar-refractivity contribution in [2.75, 3.05) is 32.8 Å². The molecule has 25 heavy (non-hydrogen) atoms. The number of methoxy groups -OCH3 is 2. The Labute approximate surface area is 153 Å². The number of nitrogens with zero attached hydrogens (tertiary/aromatic N) is 1. The van der Waals surface area contributed by atoms with Gasteiger partial charge in [0.15, 0.2) is 11.5 Å². The van der Waals surface area contributed by atoms with Crippen LogP contribution in [-0.2, 0) is 11.2 Å². The Morgan fingerprint density at radius 2 is 1.92 bits per heavy atom. The zero-order valence-electron chi connectivity index (χ0n) is 15.0. The molecule has 136 valence electrons. The number of carbonyl (C=O) groups excluding carboxylic acids is 1. The molecule has 1 heterocycles. The first-order valence-electron chi connectivity index (χ1n) is 8.29. The molecule has 0 saturated carbocycles. The van der Waals surface area contributed by atoms with Crippen molar-refractivity contribution in [1.82, 2.24) is 9.88 Å². The Balaban J connectivity index is 1.92. The number of rotatable bonds is 10. The highest BCUT2D eigenvalue weighted by atomic mass is 32.2. The Hall–Kier alpha value is -2.08. The molecule has 1 N–H and O–H groups in total. The highest BCUT2D eigenvalue weighted by molar-refractivity contribution is 7.98. The van der Waals surface area contributed by atoms with E-state index in [2.05, 4.69) is 11.6 Å². The molecule has 2 rings (SSSR count). The second-order valence-corrected chi connectivity index (χ2v) is 6.64. The SMILES string of the molecule is COc1ccc(CCNC(=O)[C@H](CCSC)n2cccc2)cc1OC. The van der Waals surface area contributed by atoms with Crippen LogP contribution in [-0.4, -0.2) is 43.2 Å². The Kier molecular flexibility index (Phi) is 7.73. The third-order valence-corrected chi connectivity index (χ3v) is 4.69. The third-order valence-electron chi connectivity index (χ3n) is 4.05. The van der Waals surface area contributed by atoms with E-state index in [0.29, 0.717) is 18.0 Å². The first-order valence-corrected chi connectivity index (χ1v) is 9.69. The Morgan fingerprint density at radius 3 is 2.56 bits per heavy atom. The second kappa shape index (κ2) is 10.0. The summed E-state index contributed by atoms with van der Waals surface area (Å²) >= 11 is 1.75. The van der Waals surface area contributed by atoms with Crippen LogP contribution in [0.25, 0.3) is 0 Å². The summed E-state index contributed by atoms with van der Waals surface area (Å²) in [7, 11) is 3.24. The number of nitrogens with one attached hydrogen (secondary N) is 1. The molecule has 1 atom stereocenters. The van der Waals surface area contributed by atoms with Gasteiger partial charge in [-0.15, -0.1) is 0 Å². The fourth-order valence-electron chi connectivity index (χ4n) is 2.68.